The van der Waals surface area contributed by atoms with Gasteiger partial charge in [0.2, 0.25) is 0 Å². The molecular formula is C29H25BrN2O. The van der Waals surface area contributed by atoms with Crippen LogP contribution in [0.25, 0.3) is 0 Å². The van der Waals surface area contributed by atoms with Crippen molar-refractivity contribution in [2.45, 2.75) is 24.2 Å². The van der Waals surface area contributed by atoms with E-state index < -0.39 is 0 Å². The maximum atomic E-state index is 6.85. The molecule has 4 aromatic rings. The molecule has 6 rings (SSSR count). The second-order valence-electron chi connectivity index (χ2n) is 8.82. The molecule has 164 valence electrons. The topological polar surface area (TPSA) is 15.7 Å². The molecule has 0 bridgehead atoms. The summed E-state index contributed by atoms with van der Waals surface area (Å²) in [5.74, 6) is 0. The van der Waals surface area contributed by atoms with Gasteiger partial charge >= 0.3 is 0 Å². The van der Waals surface area contributed by atoms with Gasteiger partial charge in [-0.3, -0.25) is 4.84 Å². The molecule has 2 aliphatic heterocycles. The molecule has 4 aromatic carbocycles. The van der Waals surface area contributed by atoms with E-state index in [1.165, 1.54) is 22.4 Å². The second-order valence-corrected chi connectivity index (χ2v) is 9.74. The molecule has 3 unspecified atom stereocenters. The van der Waals surface area contributed by atoms with Crippen LogP contribution in [0.5, 0.6) is 0 Å². The van der Waals surface area contributed by atoms with Crippen molar-refractivity contribution < 1.29 is 4.84 Å². The lowest BCUT2D eigenvalue weighted by Gasteiger charge is -2.32. The van der Waals surface area contributed by atoms with Gasteiger partial charge in [0.25, 0.3) is 0 Å². The van der Waals surface area contributed by atoms with Crippen LogP contribution in [0.2, 0.25) is 0 Å². The average molecular weight is 497 g/mol. The minimum atomic E-state index is -0.255. The van der Waals surface area contributed by atoms with Crippen molar-refractivity contribution in [2.75, 3.05) is 11.4 Å². The first-order valence-corrected chi connectivity index (χ1v) is 12.2. The summed E-state index contributed by atoms with van der Waals surface area (Å²) in [5.41, 5.74) is 4.69. The number of hydrogen-bond acceptors (Lipinski definition) is 3. The van der Waals surface area contributed by atoms with E-state index in [0.717, 1.165) is 17.4 Å². The van der Waals surface area contributed by atoms with Crippen LogP contribution < -0.4 is 4.90 Å². The molecule has 3 nitrogen and oxygen atoms in total. The molecule has 4 heteroatoms. The van der Waals surface area contributed by atoms with E-state index in [1.807, 2.05) is 0 Å². The van der Waals surface area contributed by atoms with Gasteiger partial charge < -0.3 is 4.90 Å². The van der Waals surface area contributed by atoms with Crippen LogP contribution in [-0.4, -0.2) is 11.6 Å². The van der Waals surface area contributed by atoms with E-state index in [2.05, 4.69) is 141 Å². The largest absolute Gasteiger partial charge is 0.348 e. The van der Waals surface area contributed by atoms with Crippen molar-refractivity contribution in [1.29, 1.82) is 0 Å². The molecule has 0 amide bonds. The van der Waals surface area contributed by atoms with Crippen molar-refractivity contribution in [1.82, 2.24) is 5.06 Å². The molecule has 0 aromatic heterocycles. The zero-order chi connectivity index (χ0) is 22.3. The normalized spacial score (nSPS) is 24.7. The summed E-state index contributed by atoms with van der Waals surface area (Å²) in [6.07, 6.45) is 0.892. The highest BCUT2D eigenvalue weighted by Gasteiger charge is 2.59. The summed E-state index contributed by atoms with van der Waals surface area (Å²) in [6, 6.07) is 40.8. The Morgan fingerprint density at radius 1 is 0.697 bits per heavy atom. The van der Waals surface area contributed by atoms with E-state index in [0.29, 0.717) is 0 Å². The van der Waals surface area contributed by atoms with Gasteiger partial charge in [-0.05, 0) is 41.0 Å². The lowest BCUT2D eigenvalue weighted by molar-refractivity contribution is -0.198. The minimum absolute atomic E-state index is 0.0182. The van der Waals surface area contributed by atoms with E-state index in [1.54, 1.807) is 0 Å². The number of halogens is 1. The van der Waals surface area contributed by atoms with Gasteiger partial charge in [-0.2, -0.15) is 0 Å². The van der Waals surface area contributed by atoms with Crippen molar-refractivity contribution in [3.63, 3.8) is 0 Å². The number of anilines is 1. The fourth-order valence-corrected chi connectivity index (χ4v) is 5.59. The second kappa shape index (κ2) is 8.45. The van der Waals surface area contributed by atoms with E-state index in [9.17, 15) is 0 Å². The van der Waals surface area contributed by atoms with Crippen LogP contribution >= 0.6 is 15.9 Å². The zero-order valence-corrected chi connectivity index (χ0v) is 19.8. The van der Waals surface area contributed by atoms with Gasteiger partial charge in [-0.1, -0.05) is 107 Å². The van der Waals surface area contributed by atoms with Crippen LogP contribution in [0.15, 0.2) is 120 Å². The average Bonchev–Trinajstić information content (AvgIpc) is 3.41. The molecule has 0 N–H and O–H groups in total. The van der Waals surface area contributed by atoms with Crippen molar-refractivity contribution in [3.8, 4) is 0 Å². The van der Waals surface area contributed by atoms with Crippen LogP contribution in [0.1, 0.15) is 35.4 Å². The monoisotopic (exact) mass is 496 g/mol. The van der Waals surface area contributed by atoms with Crippen molar-refractivity contribution in [3.05, 3.63) is 136 Å². The number of hydroxylamine groups is 2. The Morgan fingerprint density at radius 3 is 1.91 bits per heavy atom. The SMILES string of the molecule is Brc1ccc(N2CC3(c4ccccc4)CC(c4ccccc4)ON3C2c2ccccc2)cc1. The molecule has 0 aliphatic carbocycles. The smallest absolute Gasteiger partial charge is 0.132 e. The van der Waals surface area contributed by atoms with E-state index >= 15 is 0 Å². The number of fused-ring (bicyclic) bond motifs is 1. The first kappa shape index (κ1) is 20.7. The number of benzene rings is 4. The summed E-state index contributed by atoms with van der Waals surface area (Å²) >= 11 is 3.59. The van der Waals surface area contributed by atoms with Gasteiger partial charge in [0.15, 0.2) is 0 Å². The fraction of sp³-hybridized carbons (Fsp3) is 0.172. The number of nitrogens with zero attached hydrogens (tertiary/aromatic N) is 2. The fourth-order valence-electron chi connectivity index (χ4n) is 5.33. The third-order valence-electron chi connectivity index (χ3n) is 6.87. The molecule has 0 radical (unpaired) electrons. The van der Waals surface area contributed by atoms with Crippen molar-refractivity contribution >= 4 is 21.6 Å². The third kappa shape index (κ3) is 3.59. The van der Waals surface area contributed by atoms with Gasteiger partial charge in [-0.25, -0.2) is 0 Å². The molecule has 3 atom stereocenters. The molecule has 0 spiro atoms. The molecule has 2 aliphatic rings. The van der Waals surface area contributed by atoms with Gasteiger partial charge in [0, 0.05) is 23.1 Å². The Morgan fingerprint density at radius 2 is 1.27 bits per heavy atom. The Hall–Kier alpha value is -2.92. The Balaban J connectivity index is 1.50. The summed E-state index contributed by atoms with van der Waals surface area (Å²) < 4.78 is 1.08. The summed E-state index contributed by atoms with van der Waals surface area (Å²) in [5, 5.41) is 2.28. The van der Waals surface area contributed by atoms with Gasteiger partial charge in [0.05, 0.1) is 5.54 Å². The van der Waals surface area contributed by atoms with Crippen LogP contribution in [0.3, 0.4) is 0 Å². The quantitative estimate of drug-likeness (QED) is 0.296. The predicted molar refractivity (Wildman–Crippen MR) is 136 cm³/mol. The maximum Gasteiger partial charge on any atom is 0.132 e. The van der Waals surface area contributed by atoms with Gasteiger partial charge in [-0.15, -0.1) is 5.06 Å². The van der Waals surface area contributed by atoms with Crippen LogP contribution in [0.4, 0.5) is 5.69 Å². The third-order valence-corrected chi connectivity index (χ3v) is 7.40. The van der Waals surface area contributed by atoms with E-state index in [4.69, 9.17) is 4.84 Å². The molecule has 2 saturated heterocycles. The minimum Gasteiger partial charge on any atom is -0.348 e. The Kier molecular flexibility index (Phi) is 5.30. The first-order chi connectivity index (χ1) is 16.2. The van der Waals surface area contributed by atoms with E-state index in [-0.39, 0.29) is 17.8 Å². The Bertz CT molecular complexity index is 1220. The zero-order valence-electron chi connectivity index (χ0n) is 18.2. The Labute approximate surface area is 203 Å². The van der Waals surface area contributed by atoms with Gasteiger partial charge in [0.1, 0.15) is 12.3 Å². The molecule has 33 heavy (non-hydrogen) atoms. The molecule has 2 fully saturated rings. The first-order valence-electron chi connectivity index (χ1n) is 11.4. The summed E-state index contributed by atoms with van der Waals surface area (Å²) in [7, 11) is 0. The van der Waals surface area contributed by atoms with Crippen molar-refractivity contribution in [2.24, 2.45) is 0 Å². The van der Waals surface area contributed by atoms with Crippen LogP contribution in [0, 0.1) is 0 Å². The number of rotatable bonds is 4. The highest BCUT2D eigenvalue weighted by molar-refractivity contribution is 9.10. The highest BCUT2D eigenvalue weighted by atomic mass is 79.9. The highest BCUT2D eigenvalue weighted by Crippen LogP contribution is 2.56. The molecule has 2 heterocycles. The maximum absolute atomic E-state index is 6.85. The molecule has 0 saturated carbocycles. The standard InChI is InChI=1S/C29H25BrN2O/c30-25-16-18-26(19-17-25)31-21-29(24-14-8-3-9-15-24)20-27(22-10-4-1-5-11-22)33-32(29)28(31)23-12-6-2-7-13-23/h1-19,27-28H,20-21H2. The lowest BCUT2D eigenvalue weighted by atomic mass is 9.84. The molecular weight excluding hydrogens is 472 g/mol. The summed E-state index contributed by atoms with van der Waals surface area (Å²) in [6.45, 7) is 0.849. The predicted octanol–water partition coefficient (Wildman–Crippen LogP) is 7.24. The lowest BCUT2D eigenvalue weighted by Crippen LogP contribution is -2.37. The van der Waals surface area contributed by atoms with Crippen LogP contribution in [-0.2, 0) is 10.4 Å². The summed E-state index contributed by atoms with van der Waals surface area (Å²) in [4.78, 5) is 9.34. The number of hydrogen-bond donors (Lipinski definition) is 0.